The van der Waals surface area contributed by atoms with E-state index in [1.54, 1.807) is 18.3 Å². The number of nitrogens with one attached hydrogen (secondary N) is 1. The first kappa shape index (κ1) is 12.6. The van der Waals surface area contributed by atoms with E-state index in [0.717, 1.165) is 23.1 Å². The van der Waals surface area contributed by atoms with Gasteiger partial charge in [-0.1, -0.05) is 6.07 Å². The van der Waals surface area contributed by atoms with Crippen molar-refractivity contribution in [2.45, 2.75) is 13.0 Å². The minimum Gasteiger partial charge on any atom is -0.508 e. The van der Waals surface area contributed by atoms with Crippen LogP contribution < -0.4 is 5.32 Å². The first-order chi connectivity index (χ1) is 8.58. The highest BCUT2D eigenvalue weighted by Gasteiger charge is 2.07. The SMILES string of the molecule is CC(CNc1nccc2ccc(O)cc12)N(C)C. The molecule has 1 atom stereocenters. The maximum absolute atomic E-state index is 9.56. The molecule has 1 heterocycles. The normalized spacial score (nSPS) is 12.9. The number of phenols is 1. The molecule has 2 rings (SSSR count). The molecule has 1 aromatic heterocycles. The molecule has 2 aromatic rings. The minimum absolute atomic E-state index is 0.263. The number of hydrogen-bond donors (Lipinski definition) is 2. The van der Waals surface area contributed by atoms with Crippen LogP contribution in [-0.4, -0.2) is 41.7 Å². The minimum atomic E-state index is 0.263. The van der Waals surface area contributed by atoms with Crippen LogP contribution in [0.3, 0.4) is 0 Å². The number of aromatic nitrogens is 1. The zero-order valence-electron chi connectivity index (χ0n) is 11.0. The fourth-order valence-electron chi connectivity index (χ4n) is 1.72. The quantitative estimate of drug-likeness (QED) is 0.867. The Kier molecular flexibility index (Phi) is 3.67. The van der Waals surface area contributed by atoms with Gasteiger partial charge in [-0.3, -0.25) is 0 Å². The van der Waals surface area contributed by atoms with Crippen molar-refractivity contribution in [2.75, 3.05) is 26.0 Å². The Hall–Kier alpha value is -1.81. The van der Waals surface area contributed by atoms with Crippen molar-refractivity contribution in [1.29, 1.82) is 0 Å². The van der Waals surface area contributed by atoms with Gasteiger partial charge in [-0.2, -0.15) is 0 Å². The first-order valence-corrected chi connectivity index (χ1v) is 6.06. The maximum Gasteiger partial charge on any atom is 0.134 e. The summed E-state index contributed by atoms with van der Waals surface area (Å²) in [6, 6.07) is 7.68. The zero-order valence-corrected chi connectivity index (χ0v) is 11.0. The van der Waals surface area contributed by atoms with E-state index >= 15 is 0 Å². The number of phenolic OH excluding ortho intramolecular Hbond substituents is 1. The van der Waals surface area contributed by atoms with Crippen LogP contribution in [0.5, 0.6) is 5.75 Å². The van der Waals surface area contributed by atoms with E-state index < -0.39 is 0 Å². The molecule has 4 heteroatoms. The Morgan fingerprint density at radius 1 is 1.33 bits per heavy atom. The summed E-state index contributed by atoms with van der Waals surface area (Å²) in [5, 5.41) is 14.9. The Bertz CT molecular complexity index is 540. The van der Waals surface area contributed by atoms with Crippen molar-refractivity contribution in [1.82, 2.24) is 9.88 Å². The number of anilines is 1. The number of aromatic hydroxyl groups is 1. The summed E-state index contributed by atoms with van der Waals surface area (Å²) in [4.78, 5) is 6.49. The van der Waals surface area contributed by atoms with Crippen LogP contribution in [0.1, 0.15) is 6.92 Å². The molecule has 0 amide bonds. The van der Waals surface area contributed by atoms with Crippen molar-refractivity contribution in [3.63, 3.8) is 0 Å². The van der Waals surface area contributed by atoms with Gasteiger partial charge in [0.05, 0.1) is 0 Å². The third-order valence-corrected chi connectivity index (χ3v) is 3.20. The first-order valence-electron chi connectivity index (χ1n) is 6.06. The Balaban J connectivity index is 2.25. The summed E-state index contributed by atoms with van der Waals surface area (Å²) in [7, 11) is 4.10. The number of hydrogen-bond acceptors (Lipinski definition) is 4. The lowest BCUT2D eigenvalue weighted by Crippen LogP contribution is -2.31. The molecule has 0 saturated carbocycles. The fraction of sp³-hybridized carbons (Fsp3) is 0.357. The second-order valence-electron chi connectivity index (χ2n) is 4.76. The van der Waals surface area contributed by atoms with Gasteiger partial charge in [0, 0.05) is 24.2 Å². The molecule has 0 aliphatic rings. The second kappa shape index (κ2) is 5.23. The number of likely N-dealkylation sites (N-methyl/N-ethyl adjacent to an activating group) is 1. The third-order valence-electron chi connectivity index (χ3n) is 3.20. The topological polar surface area (TPSA) is 48.4 Å². The molecule has 0 fully saturated rings. The van der Waals surface area contributed by atoms with Crippen molar-refractivity contribution < 1.29 is 5.11 Å². The van der Waals surface area contributed by atoms with Gasteiger partial charge in [0.25, 0.3) is 0 Å². The van der Waals surface area contributed by atoms with E-state index in [1.165, 1.54) is 0 Å². The van der Waals surface area contributed by atoms with Crippen LogP contribution >= 0.6 is 0 Å². The predicted octanol–water partition coefficient (Wildman–Crippen LogP) is 2.30. The van der Waals surface area contributed by atoms with Gasteiger partial charge in [-0.25, -0.2) is 4.98 Å². The van der Waals surface area contributed by atoms with E-state index in [9.17, 15) is 5.11 Å². The van der Waals surface area contributed by atoms with Gasteiger partial charge in [-0.15, -0.1) is 0 Å². The molecular formula is C14H19N3O. The van der Waals surface area contributed by atoms with Crippen molar-refractivity contribution in [3.05, 3.63) is 30.5 Å². The monoisotopic (exact) mass is 245 g/mol. The summed E-state index contributed by atoms with van der Waals surface area (Å²) in [5.74, 6) is 1.08. The van der Waals surface area contributed by atoms with Gasteiger partial charge < -0.3 is 15.3 Å². The van der Waals surface area contributed by atoms with E-state index in [-0.39, 0.29) is 5.75 Å². The van der Waals surface area contributed by atoms with Gasteiger partial charge in [0.1, 0.15) is 11.6 Å². The molecule has 0 aliphatic carbocycles. The fourth-order valence-corrected chi connectivity index (χ4v) is 1.72. The molecule has 0 aliphatic heterocycles. The molecule has 1 unspecified atom stereocenters. The van der Waals surface area contributed by atoms with Gasteiger partial charge in [0.2, 0.25) is 0 Å². The number of fused-ring (bicyclic) bond motifs is 1. The number of rotatable bonds is 4. The van der Waals surface area contributed by atoms with Crippen LogP contribution in [-0.2, 0) is 0 Å². The van der Waals surface area contributed by atoms with Crippen LogP contribution in [0, 0.1) is 0 Å². The summed E-state index contributed by atoms with van der Waals surface area (Å²) in [6.07, 6.45) is 1.78. The smallest absolute Gasteiger partial charge is 0.134 e. The summed E-state index contributed by atoms with van der Waals surface area (Å²) in [6.45, 7) is 2.96. The van der Waals surface area contributed by atoms with Crippen LogP contribution in [0.25, 0.3) is 10.8 Å². The predicted molar refractivity (Wildman–Crippen MR) is 75.0 cm³/mol. The van der Waals surface area contributed by atoms with Crippen LogP contribution in [0.15, 0.2) is 30.5 Å². The van der Waals surface area contributed by atoms with Crippen molar-refractivity contribution in [2.24, 2.45) is 0 Å². The summed E-state index contributed by atoms with van der Waals surface area (Å²) >= 11 is 0. The molecule has 0 spiro atoms. The van der Waals surface area contributed by atoms with Crippen LogP contribution in [0.4, 0.5) is 5.82 Å². The lowest BCUT2D eigenvalue weighted by molar-refractivity contribution is 0.326. The maximum atomic E-state index is 9.56. The van der Waals surface area contributed by atoms with Crippen molar-refractivity contribution in [3.8, 4) is 5.75 Å². The molecule has 96 valence electrons. The Morgan fingerprint density at radius 3 is 2.83 bits per heavy atom. The third kappa shape index (κ3) is 2.71. The summed E-state index contributed by atoms with van der Waals surface area (Å²) in [5.41, 5.74) is 0. The average Bonchev–Trinajstić information content (AvgIpc) is 2.35. The molecule has 1 aromatic carbocycles. The second-order valence-corrected chi connectivity index (χ2v) is 4.76. The highest BCUT2D eigenvalue weighted by Crippen LogP contribution is 2.24. The molecule has 18 heavy (non-hydrogen) atoms. The Labute approximate surface area is 107 Å². The van der Waals surface area contributed by atoms with Gasteiger partial charge >= 0.3 is 0 Å². The largest absolute Gasteiger partial charge is 0.508 e. The van der Waals surface area contributed by atoms with Crippen LogP contribution in [0.2, 0.25) is 0 Å². The number of nitrogens with zero attached hydrogens (tertiary/aromatic N) is 2. The van der Waals surface area contributed by atoms with E-state index in [2.05, 4.69) is 36.2 Å². The molecule has 4 nitrogen and oxygen atoms in total. The van der Waals surface area contributed by atoms with Crippen molar-refractivity contribution >= 4 is 16.6 Å². The highest BCUT2D eigenvalue weighted by atomic mass is 16.3. The molecule has 0 saturated heterocycles. The standard InChI is InChI=1S/C14H19N3O/c1-10(17(2)3)9-16-14-13-8-12(18)5-4-11(13)6-7-15-14/h4-8,10,18H,9H2,1-3H3,(H,15,16). The lowest BCUT2D eigenvalue weighted by atomic mass is 10.1. The lowest BCUT2D eigenvalue weighted by Gasteiger charge is -2.20. The molecule has 0 radical (unpaired) electrons. The van der Waals surface area contributed by atoms with Gasteiger partial charge in [0.15, 0.2) is 0 Å². The molecular weight excluding hydrogens is 226 g/mol. The highest BCUT2D eigenvalue weighted by molar-refractivity contribution is 5.92. The number of pyridine rings is 1. The van der Waals surface area contributed by atoms with E-state index in [0.29, 0.717) is 6.04 Å². The zero-order chi connectivity index (χ0) is 13.1. The van der Waals surface area contributed by atoms with E-state index in [4.69, 9.17) is 0 Å². The Morgan fingerprint density at radius 2 is 2.11 bits per heavy atom. The summed E-state index contributed by atoms with van der Waals surface area (Å²) < 4.78 is 0. The van der Waals surface area contributed by atoms with Gasteiger partial charge in [-0.05, 0) is 44.6 Å². The molecule has 2 N–H and O–H groups in total. The average molecular weight is 245 g/mol. The molecule has 0 bridgehead atoms. The number of benzene rings is 1. The van der Waals surface area contributed by atoms with E-state index in [1.807, 2.05) is 12.1 Å².